The summed E-state index contributed by atoms with van der Waals surface area (Å²) in [6.45, 7) is 24.0. The minimum Gasteiger partial charge on any atom is -0.393 e. The number of aliphatic hydroxyl groups is 2. The van der Waals surface area contributed by atoms with Gasteiger partial charge >= 0.3 is 0 Å². The van der Waals surface area contributed by atoms with Gasteiger partial charge in [0.15, 0.2) is 5.78 Å². The Morgan fingerprint density at radius 1 is 1.07 bits per heavy atom. The molecule has 0 amide bonds. The number of aromatic nitrogens is 1. The topological polar surface area (TPSA) is 71.7 Å². The van der Waals surface area contributed by atoms with Crippen LogP contribution in [-0.2, 0) is 16.6 Å². The molecule has 0 bridgehead atoms. The quantitative estimate of drug-likeness (QED) is 0.342. The van der Waals surface area contributed by atoms with E-state index in [9.17, 15) is 15.0 Å². The summed E-state index contributed by atoms with van der Waals surface area (Å²) in [6, 6.07) is 1.82. The van der Waals surface area contributed by atoms with Crippen LogP contribution in [0.25, 0.3) is 16.5 Å². The Bertz CT molecular complexity index is 1700. The lowest BCUT2D eigenvalue weighted by Gasteiger charge is -2.64. The molecule has 8 rings (SSSR count). The Morgan fingerprint density at radius 3 is 2.44 bits per heavy atom. The number of ether oxygens (including phenoxy) is 1. The summed E-state index contributed by atoms with van der Waals surface area (Å²) in [5.41, 5.74) is 6.30. The fourth-order valence-corrected chi connectivity index (χ4v) is 11.5. The lowest BCUT2D eigenvalue weighted by Crippen LogP contribution is -2.61. The summed E-state index contributed by atoms with van der Waals surface area (Å²) >= 11 is 0. The number of ketones is 1. The lowest BCUT2D eigenvalue weighted by atomic mass is 9.41. The number of rotatable bonds is 1. The van der Waals surface area contributed by atoms with Crippen molar-refractivity contribution >= 4 is 22.3 Å². The monoisotopic (exact) mass is 581 g/mol. The van der Waals surface area contributed by atoms with Crippen molar-refractivity contribution in [2.24, 2.45) is 16.7 Å². The second-order valence-corrected chi connectivity index (χ2v) is 16.8. The molecule has 43 heavy (non-hydrogen) atoms. The highest BCUT2D eigenvalue weighted by molar-refractivity contribution is 6.19. The third-order valence-electron chi connectivity index (χ3n) is 13.3. The van der Waals surface area contributed by atoms with E-state index in [2.05, 4.69) is 64.8 Å². The molecule has 2 saturated carbocycles. The maximum Gasteiger partial charge on any atom is 0.192 e. The van der Waals surface area contributed by atoms with Crippen molar-refractivity contribution in [3.8, 4) is 0 Å². The second kappa shape index (κ2) is 7.95. The Hall–Kier alpha value is -2.21. The summed E-state index contributed by atoms with van der Waals surface area (Å²) in [6.07, 6.45) is 5.78. The van der Waals surface area contributed by atoms with Gasteiger partial charge in [-0.2, -0.15) is 0 Å². The first-order valence-electron chi connectivity index (χ1n) is 16.3. The Labute approximate surface area is 256 Å². The van der Waals surface area contributed by atoms with Crippen LogP contribution in [0.3, 0.4) is 0 Å². The van der Waals surface area contributed by atoms with Crippen molar-refractivity contribution in [1.82, 2.24) is 4.57 Å². The molecule has 5 heteroatoms. The molecule has 6 aliphatic rings. The van der Waals surface area contributed by atoms with Crippen molar-refractivity contribution < 1.29 is 19.7 Å². The summed E-state index contributed by atoms with van der Waals surface area (Å²) in [7, 11) is 0. The lowest BCUT2D eigenvalue weighted by molar-refractivity contribution is -0.136. The van der Waals surface area contributed by atoms with E-state index in [4.69, 9.17) is 4.74 Å². The van der Waals surface area contributed by atoms with Gasteiger partial charge in [0.25, 0.3) is 0 Å². The van der Waals surface area contributed by atoms with Crippen molar-refractivity contribution in [1.29, 1.82) is 0 Å². The molecule has 1 aromatic carbocycles. The largest absolute Gasteiger partial charge is 0.393 e. The molecule has 2 aliphatic heterocycles. The predicted octanol–water partition coefficient (Wildman–Crippen LogP) is 7.53. The van der Waals surface area contributed by atoms with Crippen LogP contribution in [0.5, 0.6) is 0 Å². The Morgan fingerprint density at radius 2 is 1.77 bits per heavy atom. The van der Waals surface area contributed by atoms with Crippen LogP contribution < -0.4 is 0 Å². The number of hydrogen-bond acceptors (Lipinski definition) is 4. The molecule has 4 aliphatic carbocycles. The van der Waals surface area contributed by atoms with Crippen LogP contribution in [0.15, 0.2) is 24.3 Å². The molecule has 2 N–H and O–H groups in total. The third-order valence-corrected chi connectivity index (χ3v) is 13.3. The highest BCUT2D eigenvalue weighted by Gasteiger charge is 2.67. The second-order valence-electron chi connectivity index (χ2n) is 16.8. The number of benzene rings is 1. The van der Waals surface area contributed by atoms with E-state index < -0.39 is 23.3 Å². The molecule has 2 aromatic rings. The minimum absolute atomic E-state index is 0.0473. The highest BCUT2D eigenvalue weighted by atomic mass is 16.5. The van der Waals surface area contributed by atoms with Crippen molar-refractivity contribution in [2.75, 3.05) is 0 Å². The van der Waals surface area contributed by atoms with Gasteiger partial charge in [-0.05, 0) is 118 Å². The van der Waals surface area contributed by atoms with Crippen LogP contribution in [0.2, 0.25) is 0 Å². The van der Waals surface area contributed by atoms with Gasteiger partial charge in [0.1, 0.15) is 6.04 Å². The molecular weight excluding hydrogens is 534 g/mol. The van der Waals surface area contributed by atoms with E-state index in [0.717, 1.165) is 71.2 Å². The van der Waals surface area contributed by atoms with Gasteiger partial charge in [0.2, 0.25) is 0 Å². The number of allylic oxidation sites excluding steroid dienone is 1. The van der Waals surface area contributed by atoms with Crippen LogP contribution in [0, 0.1) is 28.6 Å². The fourth-order valence-electron chi connectivity index (χ4n) is 11.5. The average molecular weight is 582 g/mol. The molecule has 228 valence electrons. The van der Waals surface area contributed by atoms with E-state index in [1.54, 1.807) is 5.92 Å². The van der Waals surface area contributed by atoms with Gasteiger partial charge in [-0.3, -0.25) is 4.79 Å². The summed E-state index contributed by atoms with van der Waals surface area (Å²) in [4.78, 5) is 14.7. The summed E-state index contributed by atoms with van der Waals surface area (Å²) in [5.74, 6) is 2.86. The fraction of sp³-hybridized carbons (Fsp3) is 0.605. The zero-order valence-corrected chi connectivity index (χ0v) is 27.4. The number of carbonyl (C=O) groups is 1. The predicted molar refractivity (Wildman–Crippen MR) is 170 cm³/mol. The average Bonchev–Trinajstić information content (AvgIpc) is 3.55. The Kier molecular flexibility index (Phi) is 5.23. The van der Waals surface area contributed by atoms with Gasteiger partial charge < -0.3 is 19.5 Å². The van der Waals surface area contributed by atoms with Crippen LogP contribution in [0.4, 0.5) is 0 Å². The van der Waals surface area contributed by atoms with E-state index in [1.165, 1.54) is 11.3 Å². The number of hydrogen-bond donors (Lipinski definition) is 2. The molecule has 0 spiro atoms. The van der Waals surface area contributed by atoms with Crippen molar-refractivity contribution in [3.05, 3.63) is 64.1 Å². The molecule has 1 aromatic heterocycles. The molecule has 0 saturated heterocycles. The maximum atomic E-state index is 14.7. The molecule has 5 nitrogen and oxygen atoms in total. The van der Waals surface area contributed by atoms with E-state index >= 15 is 0 Å². The van der Waals surface area contributed by atoms with E-state index in [-0.39, 0.29) is 28.1 Å². The molecule has 0 unspecified atom stereocenters. The van der Waals surface area contributed by atoms with Crippen molar-refractivity contribution in [3.63, 3.8) is 0 Å². The minimum atomic E-state index is -0.896. The SMILES string of the molecule is C=C(C)[C@H]1C(=O)c2c3c(cc4c5c(n1c24)[C@@]1(C)[C](CC[C@H]2C(C)(C)[C@@H](O)CC[C@@]21C)C5)C1=CC(C)(C)OC(C)(C)[C]1[C@@H]3O. The molecule has 6 atom stereocenters. The first-order chi connectivity index (χ1) is 19.9. The Balaban J connectivity index is 1.44. The number of nitrogens with zero attached hydrogens (tertiary/aromatic N) is 1. The summed E-state index contributed by atoms with van der Waals surface area (Å²) < 4.78 is 8.83. The molecule has 3 heterocycles. The van der Waals surface area contributed by atoms with Crippen LogP contribution in [0.1, 0.15) is 133 Å². The van der Waals surface area contributed by atoms with Gasteiger partial charge in [-0.1, -0.05) is 39.8 Å². The number of aliphatic hydroxyl groups excluding tert-OH is 2. The normalized spacial score (nSPS) is 38.4. The van der Waals surface area contributed by atoms with Gasteiger partial charge in [-0.25, -0.2) is 0 Å². The standard InChI is InChI=1S/C38H47NO4/c1-18(2)29-32(42)27-26-20(23-17-34(3,4)43-36(7,8)28(23)31(26)41)16-21-22-15-19-11-12-24-35(5,6)25(40)13-14-37(24,9)38(19,10)33(22)39(29)30(21)27/h16-17,24-25,29,31,40-41H,1,11-15H2,2-10H3/t24-,25-,29-,31+,37-,38+/m0/s1. The van der Waals surface area contributed by atoms with Crippen LogP contribution in [-0.4, -0.2) is 37.9 Å². The first-order valence-corrected chi connectivity index (χ1v) is 16.3. The van der Waals surface area contributed by atoms with Gasteiger partial charge in [0, 0.05) is 22.1 Å². The maximum absolute atomic E-state index is 14.7. The molecular formula is C38H47NO4. The number of Topliss-reactive ketones (excluding diaryl/α,β-unsaturated/α-hetero) is 1. The molecule has 2 fully saturated rings. The smallest absolute Gasteiger partial charge is 0.192 e. The highest BCUT2D eigenvalue weighted by Crippen LogP contribution is 2.72. The van der Waals surface area contributed by atoms with Crippen LogP contribution >= 0.6 is 0 Å². The zero-order chi connectivity index (χ0) is 31.0. The number of fused-ring (bicyclic) bond motifs is 11. The number of carbonyl (C=O) groups excluding carboxylic acids is 1. The summed E-state index contributed by atoms with van der Waals surface area (Å²) in [5, 5.41) is 24.3. The zero-order valence-electron chi connectivity index (χ0n) is 27.4. The van der Waals surface area contributed by atoms with Gasteiger partial charge in [-0.15, -0.1) is 0 Å². The first kappa shape index (κ1) is 28.3. The van der Waals surface area contributed by atoms with E-state index in [0.29, 0.717) is 11.5 Å². The van der Waals surface area contributed by atoms with Gasteiger partial charge in [0.05, 0.1) is 40.4 Å². The molecule has 2 radical (unpaired) electrons. The van der Waals surface area contributed by atoms with Crippen molar-refractivity contribution in [2.45, 2.75) is 129 Å². The third kappa shape index (κ3) is 3.04. The van der Waals surface area contributed by atoms with E-state index in [1.807, 2.05) is 20.8 Å².